The van der Waals surface area contributed by atoms with Crippen molar-refractivity contribution in [1.82, 2.24) is 0 Å². The van der Waals surface area contributed by atoms with Gasteiger partial charge < -0.3 is 15.3 Å². The van der Waals surface area contributed by atoms with Gasteiger partial charge in [0.25, 0.3) is 0 Å². The summed E-state index contributed by atoms with van der Waals surface area (Å²) in [6.07, 6.45) is 0. The summed E-state index contributed by atoms with van der Waals surface area (Å²) in [5.41, 5.74) is 2.84. The van der Waals surface area contributed by atoms with Gasteiger partial charge in [-0.2, -0.15) is 0 Å². The molecular weight excluding hydrogens is 403 g/mol. The minimum absolute atomic E-state index is 0.108. The first kappa shape index (κ1) is 21.4. The first-order chi connectivity index (χ1) is 15.2. The molecule has 162 valence electrons. The lowest BCUT2D eigenvalue weighted by Crippen LogP contribution is -2.24. The van der Waals surface area contributed by atoms with Crippen LogP contribution in [0.25, 0.3) is 11.1 Å². The van der Waals surface area contributed by atoms with Crippen molar-refractivity contribution >= 4 is 0 Å². The smallest absolute Gasteiger partial charge is 0.186 e. The van der Waals surface area contributed by atoms with E-state index >= 15 is 4.39 Å². The molecule has 0 saturated carbocycles. The molecular formula is C28H25FO3. The molecule has 0 amide bonds. The number of phenols is 3. The Bertz CT molecular complexity index is 1250. The maximum atomic E-state index is 17.2. The third-order valence-corrected chi connectivity index (χ3v) is 5.97. The number of rotatable bonds is 4. The predicted octanol–water partition coefficient (Wildman–Crippen LogP) is 6.66. The van der Waals surface area contributed by atoms with Gasteiger partial charge in [-0.05, 0) is 102 Å². The van der Waals surface area contributed by atoms with Crippen LogP contribution >= 0.6 is 0 Å². The number of hydrogen-bond acceptors (Lipinski definition) is 3. The van der Waals surface area contributed by atoms with E-state index in [-0.39, 0.29) is 17.2 Å². The van der Waals surface area contributed by atoms with Gasteiger partial charge in [0.05, 0.1) is 0 Å². The van der Waals surface area contributed by atoms with Crippen molar-refractivity contribution in [2.24, 2.45) is 0 Å². The van der Waals surface area contributed by atoms with Crippen LogP contribution in [0.3, 0.4) is 0 Å². The van der Waals surface area contributed by atoms with Crippen LogP contribution in [0.15, 0.2) is 78.9 Å². The van der Waals surface area contributed by atoms with Gasteiger partial charge in [0, 0.05) is 0 Å². The van der Waals surface area contributed by atoms with Gasteiger partial charge in [0.1, 0.15) is 17.2 Å². The van der Waals surface area contributed by atoms with Crippen molar-refractivity contribution in [1.29, 1.82) is 0 Å². The molecule has 32 heavy (non-hydrogen) atoms. The summed E-state index contributed by atoms with van der Waals surface area (Å²) in [4.78, 5) is 0. The van der Waals surface area contributed by atoms with Gasteiger partial charge >= 0.3 is 0 Å². The molecule has 0 heterocycles. The van der Waals surface area contributed by atoms with Crippen molar-refractivity contribution in [2.75, 3.05) is 0 Å². The Kier molecular flexibility index (Phi) is 5.39. The first-order valence-electron chi connectivity index (χ1n) is 10.4. The van der Waals surface area contributed by atoms with Gasteiger partial charge in [0.2, 0.25) is 0 Å². The van der Waals surface area contributed by atoms with Crippen LogP contribution in [-0.2, 0) is 5.67 Å². The number of benzene rings is 4. The first-order valence-corrected chi connectivity index (χ1v) is 10.4. The summed E-state index contributed by atoms with van der Waals surface area (Å²) >= 11 is 0. The lowest BCUT2D eigenvalue weighted by molar-refractivity contribution is 0.280. The molecule has 0 aliphatic carbocycles. The maximum Gasteiger partial charge on any atom is 0.186 e. The van der Waals surface area contributed by atoms with E-state index in [1.165, 1.54) is 6.07 Å². The number of hydrogen-bond donors (Lipinski definition) is 3. The second-order valence-electron chi connectivity index (χ2n) is 8.24. The highest BCUT2D eigenvalue weighted by Crippen LogP contribution is 2.44. The number of halogens is 1. The zero-order valence-electron chi connectivity index (χ0n) is 18.2. The fourth-order valence-corrected chi connectivity index (χ4v) is 4.07. The topological polar surface area (TPSA) is 60.7 Å². The molecule has 0 aliphatic heterocycles. The molecule has 0 aliphatic rings. The van der Waals surface area contributed by atoms with Gasteiger partial charge in [0.15, 0.2) is 5.67 Å². The van der Waals surface area contributed by atoms with Crippen molar-refractivity contribution in [3.63, 3.8) is 0 Å². The fourth-order valence-electron chi connectivity index (χ4n) is 4.07. The van der Waals surface area contributed by atoms with E-state index < -0.39 is 5.67 Å². The summed E-state index contributed by atoms with van der Waals surface area (Å²) in [5, 5.41) is 29.7. The highest BCUT2D eigenvalue weighted by Gasteiger charge is 2.37. The van der Waals surface area contributed by atoms with Crippen LogP contribution in [0.1, 0.15) is 33.4 Å². The second kappa shape index (κ2) is 8.04. The van der Waals surface area contributed by atoms with E-state index in [2.05, 4.69) is 0 Å². The van der Waals surface area contributed by atoms with E-state index in [1.54, 1.807) is 69.3 Å². The maximum absolute atomic E-state index is 17.2. The molecule has 4 aromatic rings. The van der Waals surface area contributed by atoms with E-state index in [1.807, 2.05) is 24.3 Å². The highest BCUT2D eigenvalue weighted by molar-refractivity contribution is 5.65. The van der Waals surface area contributed by atoms with Crippen molar-refractivity contribution < 1.29 is 19.7 Å². The van der Waals surface area contributed by atoms with Crippen LogP contribution < -0.4 is 0 Å². The Hall–Kier alpha value is -3.79. The fraction of sp³-hybridized carbons (Fsp3) is 0.143. The quantitative estimate of drug-likeness (QED) is 0.319. The van der Waals surface area contributed by atoms with Crippen LogP contribution in [0.4, 0.5) is 4.39 Å². The second-order valence-corrected chi connectivity index (χ2v) is 8.24. The molecule has 0 saturated heterocycles. The molecule has 0 fully saturated rings. The molecule has 4 rings (SSSR count). The normalized spacial score (nSPS) is 13.0. The van der Waals surface area contributed by atoms with E-state index in [0.29, 0.717) is 33.4 Å². The summed E-state index contributed by atoms with van der Waals surface area (Å²) in [7, 11) is 0. The summed E-state index contributed by atoms with van der Waals surface area (Å²) in [5.74, 6) is 0.450. The minimum Gasteiger partial charge on any atom is -0.508 e. The van der Waals surface area contributed by atoms with Gasteiger partial charge in [-0.25, -0.2) is 4.39 Å². The zero-order valence-corrected chi connectivity index (χ0v) is 18.2. The third kappa shape index (κ3) is 3.69. The Morgan fingerprint density at radius 2 is 1.03 bits per heavy atom. The van der Waals surface area contributed by atoms with Crippen LogP contribution in [0.2, 0.25) is 0 Å². The SMILES string of the molecule is Cc1cc(C(F)(c2ccc(-c3ccc(O)cc3)cc2)c2cc(C)c(O)c(C)c2)ccc1O. The summed E-state index contributed by atoms with van der Waals surface area (Å²) in [6.45, 7) is 5.24. The number of aromatic hydroxyl groups is 3. The van der Waals surface area contributed by atoms with Gasteiger partial charge in [-0.15, -0.1) is 0 Å². The van der Waals surface area contributed by atoms with Crippen molar-refractivity contribution in [3.8, 4) is 28.4 Å². The Labute approximate surface area is 187 Å². The van der Waals surface area contributed by atoms with Gasteiger partial charge in [-0.3, -0.25) is 0 Å². The van der Waals surface area contributed by atoms with Crippen LogP contribution in [0.5, 0.6) is 17.2 Å². The Morgan fingerprint density at radius 1 is 0.562 bits per heavy atom. The molecule has 4 aromatic carbocycles. The van der Waals surface area contributed by atoms with Crippen molar-refractivity contribution in [2.45, 2.75) is 26.4 Å². The number of phenolic OH excluding ortho intramolecular Hbond substituents is 3. The Morgan fingerprint density at radius 3 is 1.56 bits per heavy atom. The van der Waals surface area contributed by atoms with Crippen molar-refractivity contribution in [3.05, 3.63) is 112 Å². The molecule has 0 bridgehead atoms. The monoisotopic (exact) mass is 428 g/mol. The third-order valence-electron chi connectivity index (χ3n) is 5.97. The largest absolute Gasteiger partial charge is 0.508 e. The predicted molar refractivity (Wildman–Crippen MR) is 125 cm³/mol. The molecule has 3 N–H and O–H groups in total. The zero-order chi connectivity index (χ0) is 23.0. The summed E-state index contributed by atoms with van der Waals surface area (Å²) < 4.78 is 17.2. The number of alkyl halides is 1. The van der Waals surface area contributed by atoms with E-state index in [0.717, 1.165) is 11.1 Å². The van der Waals surface area contributed by atoms with Crippen LogP contribution in [-0.4, -0.2) is 15.3 Å². The average Bonchev–Trinajstić information content (AvgIpc) is 2.79. The number of aryl methyl sites for hydroxylation is 3. The summed E-state index contributed by atoms with van der Waals surface area (Å²) in [6, 6.07) is 22.1. The molecule has 0 spiro atoms. The Balaban J connectivity index is 1.89. The molecule has 0 radical (unpaired) electrons. The average molecular weight is 429 g/mol. The lowest BCUT2D eigenvalue weighted by Gasteiger charge is -2.29. The molecule has 1 unspecified atom stereocenters. The van der Waals surface area contributed by atoms with E-state index in [4.69, 9.17) is 0 Å². The molecule has 3 nitrogen and oxygen atoms in total. The molecule has 0 aromatic heterocycles. The highest BCUT2D eigenvalue weighted by atomic mass is 19.1. The molecule has 1 atom stereocenters. The van der Waals surface area contributed by atoms with E-state index in [9.17, 15) is 15.3 Å². The molecule has 4 heteroatoms. The lowest BCUT2D eigenvalue weighted by atomic mass is 9.80. The van der Waals surface area contributed by atoms with Gasteiger partial charge in [-0.1, -0.05) is 42.5 Å². The standard InChI is InChI=1S/C28H25FO3/c1-17-14-23(10-13-26(17)31)28(29,24-15-18(2)27(32)19(3)16-24)22-8-4-20(5-9-22)21-6-11-25(30)12-7-21/h4-16,30-32H,1-3H3. The minimum atomic E-state index is -1.99. The van der Waals surface area contributed by atoms with Crippen LogP contribution in [0, 0.1) is 20.8 Å².